The highest BCUT2D eigenvalue weighted by Crippen LogP contribution is 2.22. The second-order valence-corrected chi connectivity index (χ2v) is 7.22. The smallest absolute Gasteiger partial charge is 0.254 e. The molecule has 1 aromatic carbocycles. The van der Waals surface area contributed by atoms with E-state index in [2.05, 4.69) is 32.7 Å². The lowest BCUT2D eigenvalue weighted by Gasteiger charge is -2.18. The highest BCUT2D eigenvalue weighted by atomic mass is 79.9. The zero-order valence-corrected chi connectivity index (χ0v) is 14.6. The van der Waals surface area contributed by atoms with Crippen LogP contribution in [0.4, 0.5) is 0 Å². The molecule has 0 radical (unpaired) electrons. The zero-order chi connectivity index (χ0) is 15.2. The second kappa shape index (κ2) is 7.73. The molecule has 0 unspecified atom stereocenters. The molecule has 1 heterocycles. The number of carbonyl (C=O) groups is 1. The molecule has 21 heavy (non-hydrogen) atoms. The molecule has 1 aromatic heterocycles. The number of hydrogen-bond acceptors (Lipinski definition) is 3. The maximum Gasteiger partial charge on any atom is 0.254 e. The third-order valence-electron chi connectivity index (χ3n) is 3.28. The molecule has 0 bridgehead atoms. The fourth-order valence-electron chi connectivity index (χ4n) is 2.19. The molecular formula is C16H19BrN2OS. The summed E-state index contributed by atoms with van der Waals surface area (Å²) in [5.41, 5.74) is 3.04. The first-order valence-corrected chi connectivity index (χ1v) is 8.50. The number of hydrogen-bond donors (Lipinski definition) is 1. The highest BCUT2D eigenvalue weighted by molar-refractivity contribution is 9.11. The van der Waals surface area contributed by atoms with Gasteiger partial charge in [0.15, 0.2) is 0 Å². The van der Waals surface area contributed by atoms with Gasteiger partial charge in [-0.2, -0.15) is 0 Å². The number of amides is 1. The Bertz CT molecular complexity index is 612. The van der Waals surface area contributed by atoms with Crippen molar-refractivity contribution in [2.75, 3.05) is 20.6 Å². The molecule has 3 nitrogen and oxygen atoms in total. The van der Waals surface area contributed by atoms with Gasteiger partial charge >= 0.3 is 0 Å². The van der Waals surface area contributed by atoms with E-state index in [-0.39, 0.29) is 5.91 Å². The molecule has 0 saturated carbocycles. The van der Waals surface area contributed by atoms with Gasteiger partial charge in [0.25, 0.3) is 5.91 Å². The van der Waals surface area contributed by atoms with E-state index in [1.807, 2.05) is 38.4 Å². The monoisotopic (exact) mass is 366 g/mol. The first-order valence-electron chi connectivity index (χ1n) is 6.82. The molecule has 0 aliphatic rings. The first kappa shape index (κ1) is 16.2. The second-order valence-electron chi connectivity index (χ2n) is 4.93. The van der Waals surface area contributed by atoms with Gasteiger partial charge in [0.05, 0.1) is 3.79 Å². The molecule has 112 valence electrons. The van der Waals surface area contributed by atoms with E-state index in [9.17, 15) is 4.79 Å². The molecule has 0 saturated heterocycles. The topological polar surface area (TPSA) is 32.3 Å². The molecule has 0 fully saturated rings. The van der Waals surface area contributed by atoms with Crippen LogP contribution >= 0.6 is 27.3 Å². The Morgan fingerprint density at radius 1 is 1.38 bits per heavy atom. The third-order valence-corrected chi connectivity index (χ3v) is 4.83. The minimum atomic E-state index is 0.0732. The molecule has 1 amide bonds. The van der Waals surface area contributed by atoms with E-state index in [1.165, 1.54) is 0 Å². The predicted octanol–water partition coefficient (Wildman–Crippen LogP) is 3.54. The van der Waals surface area contributed by atoms with Crippen LogP contribution < -0.4 is 5.32 Å². The summed E-state index contributed by atoms with van der Waals surface area (Å²) in [6, 6.07) is 9.90. The molecule has 2 aromatic rings. The zero-order valence-electron chi connectivity index (χ0n) is 12.2. The average molecular weight is 367 g/mol. The van der Waals surface area contributed by atoms with E-state index < -0.39 is 0 Å². The van der Waals surface area contributed by atoms with E-state index >= 15 is 0 Å². The fraction of sp³-hybridized carbons (Fsp3) is 0.312. The number of rotatable bonds is 6. The third kappa shape index (κ3) is 4.40. The molecule has 2 rings (SSSR count). The van der Waals surface area contributed by atoms with Crippen molar-refractivity contribution in [1.29, 1.82) is 0 Å². The van der Waals surface area contributed by atoms with Crippen LogP contribution in [0.1, 0.15) is 21.5 Å². The summed E-state index contributed by atoms with van der Waals surface area (Å²) < 4.78 is 1.09. The summed E-state index contributed by atoms with van der Waals surface area (Å²) in [5.74, 6) is 0.0732. The van der Waals surface area contributed by atoms with Crippen LogP contribution in [-0.4, -0.2) is 31.4 Å². The lowest BCUT2D eigenvalue weighted by Crippen LogP contribution is -2.27. The Morgan fingerprint density at radius 2 is 2.14 bits per heavy atom. The Kier molecular flexibility index (Phi) is 5.96. The maximum atomic E-state index is 12.6. The van der Waals surface area contributed by atoms with Gasteiger partial charge in [-0.1, -0.05) is 18.2 Å². The lowest BCUT2D eigenvalue weighted by atomic mass is 10.0. The van der Waals surface area contributed by atoms with Gasteiger partial charge in [0.2, 0.25) is 0 Å². The van der Waals surface area contributed by atoms with Gasteiger partial charge in [-0.15, -0.1) is 11.3 Å². The van der Waals surface area contributed by atoms with Crippen molar-refractivity contribution in [3.8, 4) is 0 Å². The van der Waals surface area contributed by atoms with Gasteiger partial charge in [-0.05, 0) is 64.6 Å². The van der Waals surface area contributed by atoms with Gasteiger partial charge in [-0.25, -0.2) is 0 Å². The molecule has 1 N–H and O–H groups in total. The number of carbonyl (C=O) groups excluding carboxylic acids is 1. The summed E-state index contributed by atoms with van der Waals surface area (Å²) >= 11 is 5.09. The van der Waals surface area contributed by atoms with Crippen LogP contribution in [-0.2, 0) is 13.0 Å². The molecule has 5 heteroatoms. The van der Waals surface area contributed by atoms with Crippen molar-refractivity contribution in [1.82, 2.24) is 10.2 Å². The van der Waals surface area contributed by atoms with Gasteiger partial charge in [0, 0.05) is 19.2 Å². The molecule has 0 atom stereocenters. The van der Waals surface area contributed by atoms with Crippen LogP contribution in [0.15, 0.2) is 39.5 Å². The maximum absolute atomic E-state index is 12.6. The number of nitrogens with one attached hydrogen (secondary N) is 1. The van der Waals surface area contributed by atoms with Crippen molar-refractivity contribution < 1.29 is 4.79 Å². The summed E-state index contributed by atoms with van der Waals surface area (Å²) in [7, 11) is 3.77. The van der Waals surface area contributed by atoms with Gasteiger partial charge in [-0.3, -0.25) is 4.79 Å². The van der Waals surface area contributed by atoms with E-state index in [0.29, 0.717) is 6.54 Å². The quantitative estimate of drug-likeness (QED) is 0.847. The minimum absolute atomic E-state index is 0.0732. The predicted molar refractivity (Wildman–Crippen MR) is 91.9 cm³/mol. The summed E-state index contributed by atoms with van der Waals surface area (Å²) in [5, 5.41) is 5.20. The van der Waals surface area contributed by atoms with Crippen LogP contribution in [0.2, 0.25) is 0 Å². The number of likely N-dealkylation sites (N-methyl/N-ethyl adjacent to an activating group) is 1. The first-order chi connectivity index (χ1) is 10.1. The van der Waals surface area contributed by atoms with Crippen LogP contribution in [0, 0.1) is 0 Å². The Labute approximate surface area is 138 Å². The molecule has 0 aliphatic carbocycles. The van der Waals surface area contributed by atoms with Crippen LogP contribution in [0.3, 0.4) is 0 Å². The minimum Gasteiger partial charge on any atom is -0.337 e. The molecule has 0 spiro atoms. The van der Waals surface area contributed by atoms with Crippen molar-refractivity contribution >= 4 is 33.2 Å². The number of nitrogens with zero attached hydrogens (tertiary/aromatic N) is 1. The van der Waals surface area contributed by atoms with Gasteiger partial charge < -0.3 is 10.2 Å². The van der Waals surface area contributed by atoms with Crippen molar-refractivity contribution in [3.63, 3.8) is 0 Å². The SMILES string of the molecule is CNCCc1ccccc1C(=O)N(C)Cc1csc(Br)c1. The summed E-state index contributed by atoms with van der Waals surface area (Å²) in [4.78, 5) is 14.4. The summed E-state index contributed by atoms with van der Waals surface area (Å²) in [6.07, 6.45) is 0.857. The van der Waals surface area contributed by atoms with Gasteiger partial charge in [0.1, 0.15) is 0 Å². The fourth-order valence-corrected chi connectivity index (χ4v) is 3.39. The Balaban J connectivity index is 2.11. The largest absolute Gasteiger partial charge is 0.337 e. The van der Waals surface area contributed by atoms with E-state index in [4.69, 9.17) is 0 Å². The van der Waals surface area contributed by atoms with E-state index in [0.717, 1.165) is 33.4 Å². The normalized spacial score (nSPS) is 10.6. The van der Waals surface area contributed by atoms with Crippen molar-refractivity contribution in [2.45, 2.75) is 13.0 Å². The number of halogens is 1. The van der Waals surface area contributed by atoms with E-state index in [1.54, 1.807) is 16.2 Å². The number of benzene rings is 1. The number of thiophene rings is 1. The molecular weight excluding hydrogens is 348 g/mol. The van der Waals surface area contributed by atoms with Crippen molar-refractivity contribution in [3.05, 3.63) is 56.2 Å². The molecule has 0 aliphatic heterocycles. The summed E-state index contributed by atoms with van der Waals surface area (Å²) in [6.45, 7) is 1.49. The standard InChI is InChI=1S/C16H19BrN2OS/c1-18-8-7-13-5-3-4-6-14(13)16(20)19(2)10-12-9-15(17)21-11-12/h3-6,9,11,18H,7-8,10H2,1-2H3. The Hall–Kier alpha value is -1.17. The highest BCUT2D eigenvalue weighted by Gasteiger charge is 2.15. The van der Waals surface area contributed by atoms with Crippen LogP contribution in [0.25, 0.3) is 0 Å². The van der Waals surface area contributed by atoms with Crippen molar-refractivity contribution in [2.24, 2.45) is 0 Å². The lowest BCUT2D eigenvalue weighted by molar-refractivity contribution is 0.0784. The van der Waals surface area contributed by atoms with Crippen LogP contribution in [0.5, 0.6) is 0 Å². The average Bonchev–Trinajstić information content (AvgIpc) is 2.89. The Morgan fingerprint density at radius 3 is 2.81 bits per heavy atom.